The van der Waals surface area contributed by atoms with Gasteiger partial charge in [-0.2, -0.15) is 0 Å². The first-order chi connectivity index (χ1) is 11.7. The molecule has 2 aliphatic carbocycles. The largest absolute Gasteiger partial charge is 0.360 e. The Bertz CT molecular complexity index is 567. The number of hydrogen-bond donors (Lipinski definition) is 1. The van der Waals surface area contributed by atoms with Crippen LogP contribution in [0.3, 0.4) is 0 Å². The van der Waals surface area contributed by atoms with Crippen LogP contribution in [0.2, 0.25) is 0 Å². The van der Waals surface area contributed by atoms with E-state index in [1.807, 2.05) is 6.07 Å². The molecule has 2 heterocycles. The molecule has 0 unspecified atom stereocenters. The summed E-state index contributed by atoms with van der Waals surface area (Å²) in [6, 6.07) is 1.85. The second-order valence-electron chi connectivity index (χ2n) is 8.02. The first-order valence-electron chi connectivity index (χ1n) is 9.76. The summed E-state index contributed by atoms with van der Waals surface area (Å²) in [4.78, 5) is 15.3. The van der Waals surface area contributed by atoms with Crippen molar-refractivity contribution in [3.63, 3.8) is 0 Å². The number of hydrogen-bond acceptors (Lipinski definition) is 4. The average molecular weight is 331 g/mol. The lowest BCUT2D eigenvalue weighted by Crippen LogP contribution is -2.57. The Labute approximate surface area is 144 Å². The fourth-order valence-corrected chi connectivity index (χ4v) is 4.36. The van der Waals surface area contributed by atoms with Gasteiger partial charge in [0, 0.05) is 18.5 Å². The first kappa shape index (κ1) is 16.1. The summed E-state index contributed by atoms with van der Waals surface area (Å²) < 4.78 is 5.36. The molecule has 1 saturated heterocycles. The number of nitrogens with zero attached hydrogens (tertiary/aromatic N) is 2. The Morgan fingerprint density at radius 2 is 1.88 bits per heavy atom. The Morgan fingerprint density at radius 3 is 2.58 bits per heavy atom. The molecule has 1 aliphatic heterocycles. The molecule has 3 aliphatic rings. The van der Waals surface area contributed by atoms with Gasteiger partial charge in [0.25, 0.3) is 5.91 Å². The quantitative estimate of drug-likeness (QED) is 0.897. The van der Waals surface area contributed by atoms with Crippen molar-refractivity contribution in [2.24, 2.45) is 0 Å². The van der Waals surface area contributed by atoms with Gasteiger partial charge in [-0.25, -0.2) is 0 Å². The van der Waals surface area contributed by atoms with E-state index in [1.54, 1.807) is 0 Å². The van der Waals surface area contributed by atoms with Crippen LogP contribution in [0, 0.1) is 0 Å². The Hall–Kier alpha value is -1.36. The molecule has 132 valence electrons. The van der Waals surface area contributed by atoms with Crippen molar-refractivity contribution in [3.05, 3.63) is 17.5 Å². The normalized spacial score (nSPS) is 24.7. The zero-order valence-corrected chi connectivity index (χ0v) is 14.6. The van der Waals surface area contributed by atoms with Crippen LogP contribution in [0.15, 0.2) is 10.6 Å². The molecule has 5 heteroatoms. The number of likely N-dealkylation sites (tertiary alicyclic amines) is 1. The van der Waals surface area contributed by atoms with Crippen LogP contribution in [-0.2, 0) is 0 Å². The Kier molecular flexibility index (Phi) is 4.61. The Balaban J connectivity index is 1.44. The van der Waals surface area contributed by atoms with Crippen LogP contribution in [0.4, 0.5) is 0 Å². The summed E-state index contributed by atoms with van der Waals surface area (Å²) in [5, 5.41) is 7.39. The summed E-state index contributed by atoms with van der Waals surface area (Å²) in [7, 11) is 0. The van der Waals surface area contributed by atoms with Gasteiger partial charge in [-0.1, -0.05) is 30.8 Å². The molecule has 4 rings (SSSR count). The highest BCUT2D eigenvalue weighted by Crippen LogP contribution is 2.40. The van der Waals surface area contributed by atoms with E-state index in [2.05, 4.69) is 15.4 Å². The zero-order chi connectivity index (χ0) is 16.4. The van der Waals surface area contributed by atoms with E-state index in [9.17, 15) is 4.79 Å². The van der Waals surface area contributed by atoms with Crippen LogP contribution < -0.4 is 5.32 Å². The topological polar surface area (TPSA) is 58.4 Å². The molecule has 1 aromatic heterocycles. The standard InChI is InChI=1S/C19H29N3O2/c23-18(16-13-17(24-21-16)15-7-8-15)20-19(9-3-1-4-10-19)14-22-11-5-2-6-12-22/h13,15H,1-12,14H2,(H,20,23). The van der Waals surface area contributed by atoms with E-state index in [-0.39, 0.29) is 11.4 Å². The molecule has 0 bridgehead atoms. The minimum absolute atomic E-state index is 0.0513. The predicted molar refractivity (Wildman–Crippen MR) is 92.1 cm³/mol. The molecular formula is C19H29N3O2. The van der Waals surface area contributed by atoms with E-state index in [0.717, 1.165) is 38.0 Å². The highest BCUT2D eigenvalue weighted by Gasteiger charge is 2.37. The molecule has 0 radical (unpaired) electrons. The lowest BCUT2D eigenvalue weighted by molar-refractivity contribution is 0.0775. The summed E-state index contributed by atoms with van der Waals surface area (Å²) in [6.07, 6.45) is 12.1. The monoisotopic (exact) mass is 331 g/mol. The van der Waals surface area contributed by atoms with Crippen molar-refractivity contribution in [1.29, 1.82) is 0 Å². The lowest BCUT2D eigenvalue weighted by Gasteiger charge is -2.42. The summed E-state index contributed by atoms with van der Waals surface area (Å²) >= 11 is 0. The lowest BCUT2D eigenvalue weighted by atomic mass is 9.80. The van der Waals surface area contributed by atoms with E-state index >= 15 is 0 Å². The third-order valence-electron chi connectivity index (χ3n) is 5.91. The molecule has 0 atom stereocenters. The van der Waals surface area contributed by atoms with Gasteiger partial charge in [-0.05, 0) is 51.6 Å². The predicted octanol–water partition coefficient (Wildman–Crippen LogP) is 3.47. The van der Waals surface area contributed by atoms with Gasteiger partial charge in [0.05, 0.1) is 5.54 Å². The van der Waals surface area contributed by atoms with E-state index in [1.165, 1.54) is 51.6 Å². The van der Waals surface area contributed by atoms with Gasteiger partial charge >= 0.3 is 0 Å². The molecule has 2 saturated carbocycles. The number of piperidine rings is 1. The fourth-order valence-electron chi connectivity index (χ4n) is 4.36. The number of aromatic nitrogens is 1. The van der Waals surface area contributed by atoms with Crippen LogP contribution in [0.25, 0.3) is 0 Å². The molecule has 3 fully saturated rings. The van der Waals surface area contributed by atoms with Gasteiger partial charge in [-0.3, -0.25) is 4.79 Å². The third-order valence-corrected chi connectivity index (χ3v) is 5.91. The average Bonchev–Trinajstić information content (AvgIpc) is 3.33. The van der Waals surface area contributed by atoms with Crippen molar-refractivity contribution in [2.75, 3.05) is 19.6 Å². The van der Waals surface area contributed by atoms with Crippen LogP contribution >= 0.6 is 0 Å². The molecule has 5 nitrogen and oxygen atoms in total. The first-order valence-corrected chi connectivity index (χ1v) is 9.76. The highest BCUT2D eigenvalue weighted by molar-refractivity contribution is 5.92. The van der Waals surface area contributed by atoms with Crippen molar-refractivity contribution in [3.8, 4) is 0 Å². The third kappa shape index (κ3) is 3.66. The Morgan fingerprint density at radius 1 is 1.17 bits per heavy atom. The van der Waals surface area contributed by atoms with Crippen molar-refractivity contribution in [2.45, 2.75) is 75.7 Å². The second-order valence-corrected chi connectivity index (χ2v) is 8.02. The minimum atomic E-state index is -0.0780. The van der Waals surface area contributed by atoms with Gasteiger partial charge in [-0.15, -0.1) is 0 Å². The maximum atomic E-state index is 12.8. The van der Waals surface area contributed by atoms with Gasteiger partial charge in [0.1, 0.15) is 5.76 Å². The molecule has 1 N–H and O–H groups in total. The molecule has 1 amide bonds. The number of rotatable bonds is 5. The van der Waals surface area contributed by atoms with E-state index < -0.39 is 0 Å². The zero-order valence-electron chi connectivity index (χ0n) is 14.6. The van der Waals surface area contributed by atoms with Crippen LogP contribution in [-0.4, -0.2) is 41.1 Å². The number of amides is 1. The fraction of sp³-hybridized carbons (Fsp3) is 0.789. The van der Waals surface area contributed by atoms with Gasteiger partial charge < -0.3 is 14.7 Å². The van der Waals surface area contributed by atoms with E-state index in [4.69, 9.17) is 4.52 Å². The summed E-state index contributed by atoms with van der Waals surface area (Å²) in [5.74, 6) is 1.33. The summed E-state index contributed by atoms with van der Waals surface area (Å²) in [6.45, 7) is 3.34. The minimum Gasteiger partial charge on any atom is -0.360 e. The molecule has 0 spiro atoms. The van der Waals surface area contributed by atoms with Crippen LogP contribution in [0.1, 0.15) is 86.4 Å². The van der Waals surface area contributed by atoms with E-state index in [0.29, 0.717) is 11.6 Å². The maximum absolute atomic E-state index is 12.8. The van der Waals surface area contributed by atoms with Crippen molar-refractivity contribution in [1.82, 2.24) is 15.4 Å². The number of carbonyl (C=O) groups is 1. The second kappa shape index (κ2) is 6.87. The SMILES string of the molecule is O=C(NC1(CN2CCCCC2)CCCCC1)c1cc(C2CC2)on1. The molecule has 1 aromatic rings. The van der Waals surface area contributed by atoms with Gasteiger partial charge in [0.15, 0.2) is 5.69 Å². The number of carbonyl (C=O) groups excluding carboxylic acids is 1. The van der Waals surface area contributed by atoms with Gasteiger partial charge in [0.2, 0.25) is 0 Å². The smallest absolute Gasteiger partial charge is 0.273 e. The number of nitrogens with one attached hydrogen (secondary N) is 1. The molecule has 24 heavy (non-hydrogen) atoms. The van der Waals surface area contributed by atoms with Crippen molar-refractivity contribution < 1.29 is 9.32 Å². The molecular weight excluding hydrogens is 302 g/mol. The summed E-state index contributed by atoms with van der Waals surface area (Å²) in [5.41, 5.74) is 0.381. The maximum Gasteiger partial charge on any atom is 0.273 e. The highest BCUT2D eigenvalue weighted by atomic mass is 16.5. The van der Waals surface area contributed by atoms with Crippen LogP contribution in [0.5, 0.6) is 0 Å². The van der Waals surface area contributed by atoms with Crippen molar-refractivity contribution >= 4 is 5.91 Å². The molecule has 0 aromatic carbocycles.